The third-order valence-electron chi connectivity index (χ3n) is 6.05. The van der Waals surface area contributed by atoms with Crippen molar-refractivity contribution in [2.75, 3.05) is 40.3 Å². The van der Waals surface area contributed by atoms with Gasteiger partial charge in [0.25, 0.3) is 5.91 Å². The van der Waals surface area contributed by atoms with Gasteiger partial charge in [0.15, 0.2) is 0 Å². The van der Waals surface area contributed by atoms with Crippen molar-refractivity contribution in [1.29, 1.82) is 0 Å². The Hall–Kier alpha value is -3.21. The molecule has 2 aliphatic rings. The summed E-state index contributed by atoms with van der Waals surface area (Å²) in [5.41, 5.74) is 2.26. The molecular weight excluding hydrogens is 409 g/mol. The summed E-state index contributed by atoms with van der Waals surface area (Å²) in [6.07, 6.45) is 0. The molecule has 3 atom stereocenters. The molecule has 2 saturated heterocycles. The first-order valence-electron chi connectivity index (χ1n) is 10.6. The molecule has 2 fully saturated rings. The number of fused-ring (bicyclic) bond motifs is 1. The van der Waals surface area contributed by atoms with Gasteiger partial charge in [-0.3, -0.25) is 14.5 Å². The molecule has 4 rings (SSSR count). The Morgan fingerprint density at radius 1 is 1.16 bits per heavy atom. The molecule has 2 amide bonds. The largest absolute Gasteiger partial charge is 0.394 e. The summed E-state index contributed by atoms with van der Waals surface area (Å²) in [5, 5.41) is 9.94. The van der Waals surface area contributed by atoms with E-state index in [1.807, 2.05) is 43.3 Å². The summed E-state index contributed by atoms with van der Waals surface area (Å²) in [7, 11) is 3.93. The molecule has 1 N–H and O–H groups in total. The van der Waals surface area contributed by atoms with Crippen LogP contribution in [-0.4, -0.2) is 84.0 Å². The number of carbonyl (C=O) groups excluding carboxylic acids is 2. The second-order valence-electron chi connectivity index (χ2n) is 8.50. The number of aliphatic hydroxyl groups excluding tert-OH is 1. The van der Waals surface area contributed by atoms with Crippen LogP contribution in [0.5, 0.6) is 0 Å². The molecule has 32 heavy (non-hydrogen) atoms. The van der Waals surface area contributed by atoms with Gasteiger partial charge in [0.2, 0.25) is 5.91 Å². The molecule has 0 saturated carbocycles. The lowest BCUT2D eigenvalue weighted by molar-refractivity contribution is -0.159. The van der Waals surface area contributed by atoms with Crippen LogP contribution in [0.3, 0.4) is 0 Å². The molecule has 0 aromatic heterocycles. The first-order valence-corrected chi connectivity index (χ1v) is 10.6. The number of hydrogen-bond acceptors (Lipinski definition) is 4. The second kappa shape index (κ2) is 9.11. The van der Waals surface area contributed by atoms with Crippen LogP contribution in [0.2, 0.25) is 0 Å². The van der Waals surface area contributed by atoms with Crippen molar-refractivity contribution in [3.05, 3.63) is 71.0 Å². The van der Waals surface area contributed by atoms with Crippen molar-refractivity contribution in [2.45, 2.75) is 18.0 Å². The van der Waals surface area contributed by atoms with Gasteiger partial charge in [-0.25, -0.2) is 4.39 Å². The minimum atomic E-state index is -0.415. The van der Waals surface area contributed by atoms with Crippen LogP contribution in [0, 0.1) is 17.7 Å². The third-order valence-corrected chi connectivity index (χ3v) is 6.05. The van der Waals surface area contributed by atoms with Crippen molar-refractivity contribution in [1.82, 2.24) is 14.7 Å². The highest BCUT2D eigenvalue weighted by molar-refractivity contribution is 5.97. The monoisotopic (exact) mass is 435 g/mol. The van der Waals surface area contributed by atoms with Crippen LogP contribution in [-0.2, 0) is 4.79 Å². The van der Waals surface area contributed by atoms with E-state index in [1.165, 1.54) is 29.2 Å². The zero-order chi connectivity index (χ0) is 22.8. The molecular formula is C25H26FN3O3. The van der Waals surface area contributed by atoms with Gasteiger partial charge in [0.1, 0.15) is 12.4 Å². The zero-order valence-corrected chi connectivity index (χ0v) is 18.2. The molecule has 2 aromatic rings. The summed E-state index contributed by atoms with van der Waals surface area (Å²) in [6, 6.07) is 12.7. The lowest BCUT2D eigenvalue weighted by Crippen LogP contribution is -2.73. The fourth-order valence-corrected chi connectivity index (χ4v) is 4.52. The maximum atomic E-state index is 13.2. The minimum absolute atomic E-state index is 0.0453. The van der Waals surface area contributed by atoms with Gasteiger partial charge in [-0.1, -0.05) is 24.0 Å². The van der Waals surface area contributed by atoms with Gasteiger partial charge in [-0.15, -0.1) is 0 Å². The fourth-order valence-electron chi connectivity index (χ4n) is 4.52. The molecule has 0 unspecified atom stereocenters. The topological polar surface area (TPSA) is 64.1 Å². The van der Waals surface area contributed by atoms with Gasteiger partial charge in [0, 0.05) is 23.6 Å². The van der Waals surface area contributed by atoms with Crippen LogP contribution >= 0.6 is 0 Å². The van der Waals surface area contributed by atoms with Gasteiger partial charge in [-0.2, -0.15) is 0 Å². The van der Waals surface area contributed by atoms with E-state index in [4.69, 9.17) is 0 Å². The smallest absolute Gasteiger partial charge is 0.254 e. The number of hydrogen-bond donors (Lipinski definition) is 1. The summed E-state index contributed by atoms with van der Waals surface area (Å²) in [5.74, 6) is 5.26. The molecule has 6 nitrogen and oxygen atoms in total. The van der Waals surface area contributed by atoms with Crippen LogP contribution in [0.25, 0.3) is 0 Å². The number of benzene rings is 2. The number of amides is 2. The highest BCUT2D eigenvalue weighted by Gasteiger charge is 2.54. The van der Waals surface area contributed by atoms with Gasteiger partial charge >= 0.3 is 0 Å². The summed E-state index contributed by atoms with van der Waals surface area (Å²) >= 11 is 0. The van der Waals surface area contributed by atoms with E-state index in [0.717, 1.165) is 11.1 Å². The maximum Gasteiger partial charge on any atom is 0.254 e. The highest BCUT2D eigenvalue weighted by atomic mass is 19.1. The predicted molar refractivity (Wildman–Crippen MR) is 118 cm³/mol. The van der Waals surface area contributed by atoms with E-state index < -0.39 is 5.82 Å². The maximum absolute atomic E-state index is 13.2. The van der Waals surface area contributed by atoms with E-state index in [0.29, 0.717) is 18.7 Å². The Morgan fingerprint density at radius 2 is 1.84 bits per heavy atom. The number of halogens is 1. The predicted octanol–water partition coefficient (Wildman–Crippen LogP) is 1.55. The molecule has 7 heteroatoms. The molecule has 2 aromatic carbocycles. The van der Waals surface area contributed by atoms with Crippen molar-refractivity contribution < 1.29 is 19.1 Å². The Labute approximate surface area is 187 Å². The lowest BCUT2D eigenvalue weighted by Gasteiger charge is -2.58. The van der Waals surface area contributed by atoms with E-state index in [-0.39, 0.29) is 43.0 Å². The fraction of sp³-hybridized carbons (Fsp3) is 0.360. The van der Waals surface area contributed by atoms with Gasteiger partial charge < -0.3 is 14.9 Å². The number of piperazine rings is 1. The Morgan fingerprint density at radius 3 is 2.47 bits per heavy atom. The van der Waals surface area contributed by atoms with Crippen LogP contribution in [0.1, 0.15) is 27.4 Å². The van der Waals surface area contributed by atoms with Gasteiger partial charge in [-0.05, 0) is 56.1 Å². The van der Waals surface area contributed by atoms with Crippen LogP contribution in [0.4, 0.5) is 4.39 Å². The Bertz CT molecular complexity index is 1060. The van der Waals surface area contributed by atoms with Crippen molar-refractivity contribution >= 4 is 11.8 Å². The Balaban J connectivity index is 1.52. The molecule has 166 valence electrons. The first kappa shape index (κ1) is 22.0. The number of rotatable bonds is 4. The zero-order valence-electron chi connectivity index (χ0n) is 18.2. The summed E-state index contributed by atoms with van der Waals surface area (Å²) in [6.45, 7) is 0.862. The molecule has 2 heterocycles. The SMILES string of the molecule is CN(C)CC#Cc1ccc([C@@H]2[C@@H](CO)N3C(=O)CN(C(=O)c4ccc(F)cc4)C[C@H]23)cc1. The van der Waals surface area contributed by atoms with Crippen molar-refractivity contribution in [2.24, 2.45) is 0 Å². The number of carbonyl (C=O) groups is 2. The standard InChI is InChI=1S/C25H26FN3O3/c1-27(2)13-3-4-17-5-7-18(8-6-17)24-21-14-28(15-23(31)29(21)22(24)16-30)25(32)19-9-11-20(26)12-10-19/h5-12,21-22,24,30H,13-16H2,1-2H3/t21-,22-,24+/m1/s1. The molecule has 0 radical (unpaired) electrons. The van der Waals surface area contributed by atoms with Gasteiger partial charge in [0.05, 0.1) is 25.2 Å². The Kier molecular flexibility index (Phi) is 6.26. The lowest BCUT2D eigenvalue weighted by atomic mass is 9.73. The van der Waals surface area contributed by atoms with Crippen molar-refractivity contribution in [3.8, 4) is 11.8 Å². The second-order valence-corrected chi connectivity index (χ2v) is 8.50. The molecule has 0 bridgehead atoms. The highest BCUT2D eigenvalue weighted by Crippen LogP contribution is 2.43. The normalized spacial score (nSPS) is 22.2. The number of aliphatic hydroxyl groups is 1. The van der Waals surface area contributed by atoms with Crippen molar-refractivity contribution in [3.63, 3.8) is 0 Å². The minimum Gasteiger partial charge on any atom is -0.394 e. The molecule has 2 aliphatic heterocycles. The summed E-state index contributed by atoms with van der Waals surface area (Å²) in [4.78, 5) is 30.9. The summed E-state index contributed by atoms with van der Waals surface area (Å²) < 4.78 is 13.2. The average Bonchev–Trinajstić information content (AvgIpc) is 2.76. The van der Waals surface area contributed by atoms with Crippen LogP contribution < -0.4 is 0 Å². The quantitative estimate of drug-likeness (QED) is 0.741. The molecule has 0 aliphatic carbocycles. The van der Waals surface area contributed by atoms with Crippen LogP contribution in [0.15, 0.2) is 48.5 Å². The number of nitrogens with zero attached hydrogens (tertiary/aromatic N) is 3. The van der Waals surface area contributed by atoms with E-state index in [1.54, 1.807) is 4.90 Å². The van der Waals surface area contributed by atoms with E-state index >= 15 is 0 Å². The van der Waals surface area contributed by atoms with E-state index in [9.17, 15) is 19.1 Å². The first-order chi connectivity index (χ1) is 15.4. The van der Waals surface area contributed by atoms with E-state index in [2.05, 4.69) is 11.8 Å². The average molecular weight is 435 g/mol. The molecule has 0 spiro atoms. The third kappa shape index (κ3) is 4.24.